The molecule has 0 atom stereocenters. The van der Waals surface area contributed by atoms with E-state index in [0.717, 1.165) is 16.3 Å². The second-order valence-corrected chi connectivity index (χ2v) is 4.31. The Hall–Kier alpha value is -1.36. The van der Waals surface area contributed by atoms with Crippen LogP contribution in [-0.4, -0.2) is 16.8 Å². The maximum Gasteiger partial charge on any atom is 0.272 e. The molecule has 0 saturated heterocycles. The van der Waals surface area contributed by atoms with Gasteiger partial charge < -0.3 is 4.74 Å². The van der Waals surface area contributed by atoms with Crippen molar-refractivity contribution in [1.82, 2.24) is 10.2 Å². The average Bonchev–Trinajstić information content (AvgIpc) is 2.28. The lowest BCUT2D eigenvalue weighted by Crippen LogP contribution is -2.10. The lowest BCUT2D eigenvalue weighted by atomic mass is 10.2. The third kappa shape index (κ3) is 2.09. The first-order valence-electron chi connectivity index (χ1n) is 5.03. The summed E-state index contributed by atoms with van der Waals surface area (Å²) in [6, 6.07) is 5.41. The standard InChI is InChI=1S/C11H11BrN2O2/c1-2-5-16-11-9-6-7(12)3-4-8(9)10(15)13-14-11/h3-4,6H,2,5H2,1H3,(H,13,15). The van der Waals surface area contributed by atoms with Crippen LogP contribution in [0.4, 0.5) is 0 Å². The largest absolute Gasteiger partial charge is 0.476 e. The number of aromatic amines is 1. The summed E-state index contributed by atoms with van der Waals surface area (Å²) in [7, 11) is 0. The molecule has 1 aromatic carbocycles. The smallest absolute Gasteiger partial charge is 0.272 e. The lowest BCUT2D eigenvalue weighted by molar-refractivity contribution is 0.305. The zero-order chi connectivity index (χ0) is 11.5. The first-order valence-corrected chi connectivity index (χ1v) is 5.82. The van der Waals surface area contributed by atoms with E-state index in [1.807, 2.05) is 19.1 Å². The highest BCUT2D eigenvalue weighted by Crippen LogP contribution is 2.23. The van der Waals surface area contributed by atoms with E-state index in [1.165, 1.54) is 0 Å². The Bertz CT molecular complexity index is 565. The number of hydrogen-bond donors (Lipinski definition) is 1. The van der Waals surface area contributed by atoms with Gasteiger partial charge in [-0.3, -0.25) is 4.79 Å². The molecule has 0 aliphatic heterocycles. The Kier molecular flexibility index (Phi) is 3.24. The first-order chi connectivity index (χ1) is 7.72. The monoisotopic (exact) mass is 282 g/mol. The maximum absolute atomic E-state index is 11.5. The summed E-state index contributed by atoms with van der Waals surface area (Å²) in [6.45, 7) is 2.60. The normalized spacial score (nSPS) is 10.6. The van der Waals surface area contributed by atoms with Gasteiger partial charge in [-0.2, -0.15) is 0 Å². The Morgan fingerprint density at radius 3 is 3.00 bits per heavy atom. The van der Waals surface area contributed by atoms with Crippen LogP contribution in [0.2, 0.25) is 0 Å². The third-order valence-corrected chi connectivity index (χ3v) is 2.65. The Morgan fingerprint density at radius 1 is 1.44 bits per heavy atom. The number of ether oxygens (including phenoxy) is 1. The van der Waals surface area contributed by atoms with Gasteiger partial charge in [0.05, 0.1) is 17.4 Å². The molecular weight excluding hydrogens is 272 g/mol. The molecule has 0 bridgehead atoms. The van der Waals surface area contributed by atoms with Crippen LogP contribution < -0.4 is 10.3 Å². The number of rotatable bonds is 3. The summed E-state index contributed by atoms with van der Waals surface area (Å²) in [5, 5.41) is 7.65. The Morgan fingerprint density at radius 2 is 2.25 bits per heavy atom. The average molecular weight is 283 g/mol. The van der Waals surface area contributed by atoms with E-state index in [-0.39, 0.29) is 5.56 Å². The molecule has 4 nitrogen and oxygen atoms in total. The van der Waals surface area contributed by atoms with Gasteiger partial charge in [-0.1, -0.05) is 22.9 Å². The van der Waals surface area contributed by atoms with Crippen LogP contribution in [0.15, 0.2) is 27.5 Å². The molecular formula is C11H11BrN2O2. The van der Waals surface area contributed by atoms with Crippen molar-refractivity contribution in [3.8, 4) is 5.88 Å². The first kappa shape index (κ1) is 11.1. The molecule has 2 rings (SSSR count). The summed E-state index contributed by atoms with van der Waals surface area (Å²) in [5.74, 6) is 0.470. The molecule has 2 aromatic rings. The predicted octanol–water partition coefficient (Wildman–Crippen LogP) is 2.47. The molecule has 0 spiro atoms. The highest BCUT2D eigenvalue weighted by Gasteiger charge is 2.07. The van der Waals surface area contributed by atoms with Crippen LogP contribution >= 0.6 is 15.9 Å². The van der Waals surface area contributed by atoms with Crippen molar-refractivity contribution in [1.29, 1.82) is 0 Å². The summed E-state index contributed by atoms with van der Waals surface area (Å²) in [5.41, 5.74) is -0.202. The van der Waals surface area contributed by atoms with E-state index < -0.39 is 0 Å². The van der Waals surface area contributed by atoms with Gasteiger partial charge in [0.25, 0.3) is 5.56 Å². The second kappa shape index (κ2) is 4.65. The van der Waals surface area contributed by atoms with Crippen LogP contribution in [0.5, 0.6) is 5.88 Å². The van der Waals surface area contributed by atoms with Crippen LogP contribution in [0, 0.1) is 0 Å². The topological polar surface area (TPSA) is 55.0 Å². The van der Waals surface area contributed by atoms with Gasteiger partial charge >= 0.3 is 0 Å². The van der Waals surface area contributed by atoms with E-state index >= 15 is 0 Å². The van der Waals surface area contributed by atoms with E-state index in [2.05, 4.69) is 26.1 Å². The molecule has 1 aromatic heterocycles. The van der Waals surface area contributed by atoms with E-state index in [4.69, 9.17) is 4.74 Å². The van der Waals surface area contributed by atoms with Crippen molar-refractivity contribution < 1.29 is 4.74 Å². The van der Waals surface area contributed by atoms with Crippen molar-refractivity contribution in [3.63, 3.8) is 0 Å². The minimum absolute atomic E-state index is 0.202. The number of aromatic nitrogens is 2. The van der Waals surface area contributed by atoms with Crippen molar-refractivity contribution in [2.24, 2.45) is 0 Å². The van der Waals surface area contributed by atoms with Gasteiger partial charge in [-0.15, -0.1) is 5.10 Å². The van der Waals surface area contributed by atoms with Gasteiger partial charge in [0.2, 0.25) is 5.88 Å². The number of benzene rings is 1. The highest BCUT2D eigenvalue weighted by molar-refractivity contribution is 9.10. The molecule has 0 saturated carbocycles. The van der Waals surface area contributed by atoms with Crippen molar-refractivity contribution in [2.45, 2.75) is 13.3 Å². The molecule has 5 heteroatoms. The van der Waals surface area contributed by atoms with Crippen molar-refractivity contribution in [3.05, 3.63) is 33.0 Å². The van der Waals surface area contributed by atoms with Crippen LogP contribution in [0.3, 0.4) is 0 Å². The van der Waals surface area contributed by atoms with Crippen LogP contribution in [-0.2, 0) is 0 Å². The number of fused-ring (bicyclic) bond motifs is 1. The maximum atomic E-state index is 11.5. The fourth-order valence-corrected chi connectivity index (χ4v) is 1.78. The van der Waals surface area contributed by atoms with Crippen molar-refractivity contribution >= 4 is 26.7 Å². The fraction of sp³-hybridized carbons (Fsp3) is 0.273. The molecule has 0 radical (unpaired) electrons. The van der Waals surface area contributed by atoms with Crippen LogP contribution in [0.25, 0.3) is 10.8 Å². The van der Waals surface area contributed by atoms with Crippen molar-refractivity contribution in [2.75, 3.05) is 6.61 Å². The van der Waals surface area contributed by atoms with E-state index in [1.54, 1.807) is 6.07 Å². The SMILES string of the molecule is CCCOc1n[nH]c(=O)c2ccc(Br)cc12. The van der Waals surface area contributed by atoms with E-state index in [0.29, 0.717) is 17.9 Å². The fourth-order valence-electron chi connectivity index (χ4n) is 1.42. The molecule has 1 N–H and O–H groups in total. The molecule has 0 aliphatic carbocycles. The van der Waals surface area contributed by atoms with Gasteiger partial charge in [-0.05, 0) is 24.6 Å². The summed E-state index contributed by atoms with van der Waals surface area (Å²) < 4.78 is 6.37. The predicted molar refractivity (Wildman–Crippen MR) is 65.8 cm³/mol. The van der Waals surface area contributed by atoms with E-state index in [9.17, 15) is 4.79 Å². The van der Waals surface area contributed by atoms with Gasteiger partial charge in [0.1, 0.15) is 0 Å². The summed E-state index contributed by atoms with van der Waals surface area (Å²) in [4.78, 5) is 11.5. The zero-order valence-corrected chi connectivity index (χ0v) is 10.4. The summed E-state index contributed by atoms with van der Waals surface area (Å²) in [6.07, 6.45) is 0.899. The highest BCUT2D eigenvalue weighted by atomic mass is 79.9. The molecule has 0 amide bonds. The number of hydrogen-bond acceptors (Lipinski definition) is 3. The zero-order valence-electron chi connectivity index (χ0n) is 8.79. The van der Waals surface area contributed by atoms with Gasteiger partial charge in [0, 0.05) is 4.47 Å². The number of H-pyrrole nitrogens is 1. The molecule has 0 unspecified atom stereocenters. The number of halogens is 1. The minimum Gasteiger partial charge on any atom is -0.476 e. The van der Waals surface area contributed by atoms with Gasteiger partial charge in [0.15, 0.2) is 0 Å². The second-order valence-electron chi connectivity index (χ2n) is 3.40. The number of nitrogens with zero attached hydrogens (tertiary/aromatic N) is 1. The quantitative estimate of drug-likeness (QED) is 0.941. The third-order valence-electron chi connectivity index (χ3n) is 2.16. The molecule has 16 heavy (non-hydrogen) atoms. The van der Waals surface area contributed by atoms with Gasteiger partial charge in [-0.25, -0.2) is 5.10 Å². The summed E-state index contributed by atoms with van der Waals surface area (Å²) >= 11 is 3.36. The molecule has 0 aliphatic rings. The lowest BCUT2D eigenvalue weighted by Gasteiger charge is -2.06. The minimum atomic E-state index is -0.202. The molecule has 1 heterocycles. The molecule has 84 valence electrons. The Labute approximate surface area is 101 Å². The van der Waals surface area contributed by atoms with Crippen LogP contribution in [0.1, 0.15) is 13.3 Å². The number of nitrogens with one attached hydrogen (secondary N) is 1. The molecule has 0 fully saturated rings. The Balaban J connectivity index is 2.61.